The molecule has 1 aromatic heterocycles. The Kier molecular flexibility index (Phi) is 5.33. The van der Waals surface area contributed by atoms with Gasteiger partial charge in [0.25, 0.3) is 5.91 Å². The summed E-state index contributed by atoms with van der Waals surface area (Å²) < 4.78 is 5.94. The summed E-state index contributed by atoms with van der Waals surface area (Å²) in [5.74, 6) is 0.657. The number of nitrogens with one attached hydrogen (secondary N) is 1. The molecule has 2 fully saturated rings. The maximum absolute atomic E-state index is 12.7. The third-order valence-corrected chi connectivity index (χ3v) is 6.29. The van der Waals surface area contributed by atoms with Crippen LogP contribution in [0.15, 0.2) is 52.0 Å². The molecule has 27 heavy (non-hydrogen) atoms. The molecule has 1 aromatic carbocycles. The third kappa shape index (κ3) is 4.10. The van der Waals surface area contributed by atoms with Crippen molar-refractivity contribution in [2.45, 2.75) is 6.92 Å². The molecule has 7 heteroatoms. The number of carbonyl (C=O) groups excluding carboxylic acids is 1. The van der Waals surface area contributed by atoms with E-state index in [1.807, 2.05) is 12.1 Å². The van der Waals surface area contributed by atoms with Crippen LogP contribution in [-0.2, 0) is 4.79 Å². The molecule has 0 aliphatic carbocycles. The number of nitrogens with zero attached hydrogens (tertiary/aromatic N) is 2. The number of quaternary nitrogens is 1. The van der Waals surface area contributed by atoms with Crippen LogP contribution >= 0.6 is 24.0 Å². The van der Waals surface area contributed by atoms with Crippen LogP contribution in [0.2, 0.25) is 0 Å². The SMILES string of the molecule is Cc1cccc(N2CC[NH+](CN3C(=O)/C(=C/c4ccco4)SC3=S)CC2)c1. The van der Waals surface area contributed by atoms with Gasteiger partial charge in [-0.25, -0.2) is 4.90 Å². The molecule has 0 atom stereocenters. The van der Waals surface area contributed by atoms with Crippen LogP contribution in [0, 0.1) is 6.92 Å². The smallest absolute Gasteiger partial charge is 0.270 e. The van der Waals surface area contributed by atoms with E-state index >= 15 is 0 Å². The molecule has 5 nitrogen and oxygen atoms in total. The fourth-order valence-electron chi connectivity index (χ4n) is 3.43. The van der Waals surface area contributed by atoms with Crippen LogP contribution < -0.4 is 9.80 Å². The first-order chi connectivity index (χ1) is 13.1. The first-order valence-corrected chi connectivity index (χ1v) is 10.3. The summed E-state index contributed by atoms with van der Waals surface area (Å²) in [6, 6.07) is 12.3. The molecule has 2 aliphatic heterocycles. The van der Waals surface area contributed by atoms with Gasteiger partial charge in [0.2, 0.25) is 0 Å². The highest BCUT2D eigenvalue weighted by Crippen LogP contribution is 2.31. The lowest BCUT2D eigenvalue weighted by atomic mass is 10.2. The number of furan rings is 1. The number of thiocarbonyl (C=S) groups is 1. The summed E-state index contributed by atoms with van der Waals surface area (Å²) in [6.07, 6.45) is 3.37. The fraction of sp³-hybridized carbons (Fsp3) is 0.300. The van der Waals surface area contributed by atoms with E-state index in [1.54, 1.807) is 17.2 Å². The van der Waals surface area contributed by atoms with Crippen molar-refractivity contribution in [3.8, 4) is 0 Å². The Labute approximate surface area is 168 Å². The van der Waals surface area contributed by atoms with Crippen molar-refractivity contribution in [1.29, 1.82) is 0 Å². The lowest BCUT2D eigenvalue weighted by Crippen LogP contribution is -3.16. The highest BCUT2D eigenvalue weighted by molar-refractivity contribution is 8.26. The Bertz CT molecular complexity index is 871. The molecule has 2 aliphatic rings. The minimum Gasteiger partial charge on any atom is -0.465 e. The summed E-state index contributed by atoms with van der Waals surface area (Å²) >= 11 is 6.80. The number of carbonyl (C=O) groups is 1. The second-order valence-electron chi connectivity index (χ2n) is 6.86. The van der Waals surface area contributed by atoms with Gasteiger partial charge in [0.1, 0.15) is 5.76 Å². The molecule has 0 radical (unpaired) electrons. The number of rotatable bonds is 4. The maximum Gasteiger partial charge on any atom is 0.270 e. The molecule has 0 spiro atoms. The van der Waals surface area contributed by atoms with E-state index in [4.69, 9.17) is 16.6 Å². The first kappa shape index (κ1) is 18.3. The average Bonchev–Trinajstić information content (AvgIpc) is 3.27. The van der Waals surface area contributed by atoms with Crippen molar-refractivity contribution in [2.24, 2.45) is 0 Å². The summed E-state index contributed by atoms with van der Waals surface area (Å²) in [5.41, 5.74) is 2.56. The summed E-state index contributed by atoms with van der Waals surface area (Å²) in [5, 5.41) is 0. The van der Waals surface area contributed by atoms with Crippen molar-refractivity contribution in [1.82, 2.24) is 4.90 Å². The molecule has 1 N–H and O–H groups in total. The van der Waals surface area contributed by atoms with Crippen molar-refractivity contribution >= 4 is 46.0 Å². The summed E-state index contributed by atoms with van der Waals surface area (Å²) in [7, 11) is 0. The molecule has 4 rings (SSSR count). The number of anilines is 1. The van der Waals surface area contributed by atoms with E-state index in [-0.39, 0.29) is 5.91 Å². The predicted molar refractivity (Wildman–Crippen MR) is 113 cm³/mol. The Morgan fingerprint density at radius 2 is 2.07 bits per heavy atom. The second-order valence-corrected chi connectivity index (χ2v) is 8.54. The second kappa shape index (κ2) is 7.88. The predicted octanol–water partition coefficient (Wildman–Crippen LogP) is 2.15. The molecule has 3 heterocycles. The quantitative estimate of drug-likeness (QED) is 0.629. The Balaban J connectivity index is 1.36. The van der Waals surface area contributed by atoms with Crippen LogP contribution in [0.3, 0.4) is 0 Å². The highest BCUT2D eigenvalue weighted by Gasteiger charge is 2.35. The van der Waals surface area contributed by atoms with E-state index in [2.05, 4.69) is 36.1 Å². The molecular formula is C20H22N3O2S2+. The topological polar surface area (TPSA) is 41.1 Å². The molecule has 2 saturated heterocycles. The standard InChI is InChI=1S/C20H21N3O2S2/c1-15-4-2-5-16(12-15)22-9-7-21(8-10-22)14-23-19(24)18(27-20(23)26)13-17-6-3-11-25-17/h2-6,11-13H,7-10,14H2,1H3/p+1/b18-13-. The van der Waals surface area contributed by atoms with Crippen molar-refractivity contribution in [3.63, 3.8) is 0 Å². The van der Waals surface area contributed by atoms with E-state index in [0.29, 0.717) is 21.7 Å². The number of hydrogen-bond donors (Lipinski definition) is 1. The minimum atomic E-state index is -0.0185. The largest absolute Gasteiger partial charge is 0.465 e. The van der Waals surface area contributed by atoms with Crippen molar-refractivity contribution in [2.75, 3.05) is 37.7 Å². The van der Waals surface area contributed by atoms with Crippen LogP contribution in [0.4, 0.5) is 5.69 Å². The van der Waals surface area contributed by atoms with E-state index in [9.17, 15) is 4.79 Å². The Hall–Kier alpha value is -2.09. The maximum atomic E-state index is 12.7. The Morgan fingerprint density at radius 1 is 1.26 bits per heavy atom. The lowest BCUT2D eigenvalue weighted by molar-refractivity contribution is -0.907. The molecular weight excluding hydrogens is 378 g/mol. The van der Waals surface area contributed by atoms with Gasteiger partial charge in [-0.15, -0.1) is 0 Å². The van der Waals surface area contributed by atoms with Crippen LogP contribution in [0.5, 0.6) is 0 Å². The van der Waals surface area contributed by atoms with Gasteiger partial charge in [-0.05, 0) is 36.8 Å². The fourth-order valence-corrected chi connectivity index (χ4v) is 4.66. The van der Waals surface area contributed by atoms with E-state index in [1.165, 1.54) is 27.9 Å². The van der Waals surface area contributed by atoms with Gasteiger partial charge in [0.15, 0.2) is 11.0 Å². The number of piperazine rings is 1. The zero-order valence-corrected chi connectivity index (χ0v) is 16.8. The van der Waals surface area contributed by atoms with Gasteiger partial charge >= 0.3 is 0 Å². The van der Waals surface area contributed by atoms with Crippen molar-refractivity contribution in [3.05, 3.63) is 58.9 Å². The monoisotopic (exact) mass is 400 g/mol. The number of amides is 1. The molecule has 1 amide bonds. The van der Waals surface area contributed by atoms with Gasteiger partial charge in [0.05, 0.1) is 37.3 Å². The molecule has 0 bridgehead atoms. The number of hydrogen-bond acceptors (Lipinski definition) is 5. The van der Waals surface area contributed by atoms with Crippen molar-refractivity contribution < 1.29 is 14.1 Å². The lowest BCUT2D eigenvalue weighted by Gasteiger charge is -2.35. The van der Waals surface area contributed by atoms with Crippen LogP contribution in [0.25, 0.3) is 6.08 Å². The zero-order valence-electron chi connectivity index (χ0n) is 15.2. The third-order valence-electron chi connectivity index (χ3n) is 4.91. The van der Waals surface area contributed by atoms with Crippen LogP contribution in [-0.4, -0.2) is 48.0 Å². The van der Waals surface area contributed by atoms with Gasteiger partial charge < -0.3 is 14.2 Å². The van der Waals surface area contributed by atoms with Crippen LogP contribution in [0.1, 0.15) is 11.3 Å². The average molecular weight is 401 g/mol. The molecule has 0 unspecified atom stereocenters. The molecule has 2 aromatic rings. The minimum absolute atomic E-state index is 0.0185. The number of aryl methyl sites for hydroxylation is 1. The summed E-state index contributed by atoms with van der Waals surface area (Å²) in [4.78, 5) is 18.9. The first-order valence-electron chi connectivity index (χ1n) is 9.04. The van der Waals surface area contributed by atoms with Gasteiger partial charge in [-0.1, -0.05) is 36.1 Å². The highest BCUT2D eigenvalue weighted by atomic mass is 32.2. The van der Waals surface area contributed by atoms with Gasteiger partial charge in [0, 0.05) is 11.8 Å². The molecule has 140 valence electrons. The molecule has 0 saturated carbocycles. The normalized spacial score (nSPS) is 20.1. The number of benzene rings is 1. The van der Waals surface area contributed by atoms with Gasteiger partial charge in [-0.3, -0.25) is 4.79 Å². The van der Waals surface area contributed by atoms with E-state index in [0.717, 1.165) is 26.2 Å². The zero-order chi connectivity index (χ0) is 18.8. The Morgan fingerprint density at radius 3 is 2.78 bits per heavy atom. The summed E-state index contributed by atoms with van der Waals surface area (Å²) in [6.45, 7) is 6.69. The van der Waals surface area contributed by atoms with E-state index < -0.39 is 0 Å². The number of thioether (sulfide) groups is 1. The van der Waals surface area contributed by atoms with Gasteiger partial charge in [-0.2, -0.15) is 0 Å².